The van der Waals surface area contributed by atoms with Gasteiger partial charge in [-0.1, -0.05) is 0 Å². The third-order valence-electron chi connectivity index (χ3n) is 4.79. The first-order valence-corrected chi connectivity index (χ1v) is 9.06. The molecule has 12 heteroatoms. The molecule has 0 saturated carbocycles. The molecule has 0 unspecified atom stereocenters. The van der Waals surface area contributed by atoms with E-state index in [1.165, 1.54) is 22.7 Å². The highest BCUT2D eigenvalue weighted by Crippen LogP contribution is 2.38. The third kappa shape index (κ3) is 4.20. The fraction of sp³-hybridized carbons (Fsp3) is 0.316. The lowest BCUT2D eigenvalue weighted by Crippen LogP contribution is -2.40. The van der Waals surface area contributed by atoms with Crippen molar-refractivity contribution in [2.24, 2.45) is 0 Å². The molecule has 1 aliphatic rings. The Morgan fingerprint density at radius 3 is 2.10 bits per heavy atom. The summed E-state index contributed by atoms with van der Waals surface area (Å²) in [6, 6.07) is 4.08. The predicted octanol–water partition coefficient (Wildman–Crippen LogP) is 3.91. The number of nitrogens with zero attached hydrogens (tertiary/aromatic N) is 4. The van der Waals surface area contributed by atoms with E-state index in [1.807, 2.05) is 0 Å². The molecule has 2 aromatic heterocycles. The molecule has 0 spiro atoms. The Hall–Kier alpha value is -3.15. The third-order valence-corrected chi connectivity index (χ3v) is 4.79. The highest BCUT2D eigenvalue weighted by Gasteiger charge is 2.37. The topological polar surface area (TPSA) is 59.7 Å². The molecule has 3 heterocycles. The minimum Gasteiger partial charge on any atom is -0.378 e. The number of hydrogen-bond donors (Lipinski definition) is 0. The van der Waals surface area contributed by atoms with Crippen LogP contribution in [0.1, 0.15) is 21.5 Å². The number of hydrogen-bond acceptors (Lipinski definition) is 4. The van der Waals surface area contributed by atoms with Gasteiger partial charge in [-0.25, -0.2) is 0 Å². The van der Waals surface area contributed by atoms with E-state index in [2.05, 4.69) is 10.2 Å². The number of pyridine rings is 1. The molecule has 31 heavy (non-hydrogen) atoms. The maximum Gasteiger partial charge on any atom is 0.416 e. The molecule has 1 aliphatic heterocycles. The first kappa shape index (κ1) is 21.1. The maximum atomic E-state index is 13.2. The summed E-state index contributed by atoms with van der Waals surface area (Å²) < 4.78 is 85.6. The highest BCUT2D eigenvalue weighted by atomic mass is 19.4. The molecule has 3 aromatic rings. The molecule has 0 radical (unpaired) electrons. The molecule has 0 atom stereocenters. The van der Waals surface area contributed by atoms with Crippen LogP contribution in [0, 0.1) is 0 Å². The molecule has 0 N–H and O–H groups in total. The van der Waals surface area contributed by atoms with E-state index in [0.717, 1.165) is 0 Å². The summed E-state index contributed by atoms with van der Waals surface area (Å²) in [6.07, 6.45) is -8.68. The Bertz CT molecular complexity index is 1100. The molecule has 1 amide bonds. The first-order valence-electron chi connectivity index (χ1n) is 9.06. The second-order valence-corrected chi connectivity index (χ2v) is 6.87. The van der Waals surface area contributed by atoms with Crippen molar-refractivity contribution in [3.05, 3.63) is 53.2 Å². The first-order chi connectivity index (χ1) is 14.5. The number of ether oxygens (including phenoxy) is 1. The number of amides is 1. The van der Waals surface area contributed by atoms with Crippen LogP contribution < -0.4 is 0 Å². The normalized spacial score (nSPS) is 15.5. The summed E-state index contributed by atoms with van der Waals surface area (Å²) in [5.74, 6) is -0.590. The van der Waals surface area contributed by atoms with Crippen LogP contribution in [-0.2, 0) is 17.1 Å². The van der Waals surface area contributed by atoms with Crippen molar-refractivity contribution >= 4 is 11.6 Å². The minimum absolute atomic E-state index is 0.0418. The fourth-order valence-corrected chi connectivity index (χ4v) is 3.25. The van der Waals surface area contributed by atoms with Gasteiger partial charge in [-0.3, -0.25) is 9.20 Å². The molecular weight excluding hydrogens is 430 g/mol. The second-order valence-electron chi connectivity index (χ2n) is 6.87. The lowest BCUT2D eigenvalue weighted by Gasteiger charge is -2.26. The number of rotatable bonds is 2. The van der Waals surface area contributed by atoms with Crippen LogP contribution in [0.5, 0.6) is 0 Å². The quantitative estimate of drug-likeness (QED) is 0.563. The smallest absolute Gasteiger partial charge is 0.378 e. The molecule has 0 bridgehead atoms. The molecule has 1 saturated heterocycles. The number of fused-ring (bicyclic) bond motifs is 1. The zero-order valence-corrected chi connectivity index (χ0v) is 15.7. The molecule has 1 aromatic carbocycles. The predicted molar refractivity (Wildman–Crippen MR) is 95.1 cm³/mol. The monoisotopic (exact) mass is 444 g/mol. The number of benzene rings is 1. The average Bonchev–Trinajstić information content (AvgIpc) is 3.15. The number of carbonyl (C=O) groups is 1. The van der Waals surface area contributed by atoms with E-state index in [0.29, 0.717) is 38.4 Å². The lowest BCUT2D eigenvalue weighted by atomic mass is 10.0. The number of alkyl halides is 6. The number of aromatic nitrogens is 3. The van der Waals surface area contributed by atoms with Gasteiger partial charge >= 0.3 is 12.4 Å². The van der Waals surface area contributed by atoms with Gasteiger partial charge in [0.15, 0.2) is 11.5 Å². The van der Waals surface area contributed by atoms with E-state index in [1.54, 1.807) is 4.90 Å². The second kappa shape index (κ2) is 7.52. The van der Waals surface area contributed by atoms with Crippen molar-refractivity contribution < 1.29 is 35.9 Å². The van der Waals surface area contributed by atoms with Gasteiger partial charge in [-0.2, -0.15) is 26.3 Å². The van der Waals surface area contributed by atoms with Crippen LogP contribution >= 0.6 is 0 Å². The molecule has 6 nitrogen and oxygen atoms in total. The fourth-order valence-electron chi connectivity index (χ4n) is 3.25. The molecule has 164 valence electrons. The van der Waals surface area contributed by atoms with Crippen LogP contribution in [-0.4, -0.2) is 51.7 Å². The summed E-state index contributed by atoms with van der Waals surface area (Å²) in [4.78, 5) is 14.2. The van der Waals surface area contributed by atoms with E-state index in [-0.39, 0.29) is 29.0 Å². The number of morpholine rings is 1. The molecular formula is C19H14F6N4O2. The highest BCUT2D eigenvalue weighted by molar-refractivity contribution is 5.94. The Morgan fingerprint density at radius 2 is 1.52 bits per heavy atom. The van der Waals surface area contributed by atoms with Gasteiger partial charge in [0.05, 0.1) is 29.9 Å². The summed E-state index contributed by atoms with van der Waals surface area (Å²) >= 11 is 0. The van der Waals surface area contributed by atoms with Gasteiger partial charge in [-0.15, -0.1) is 10.2 Å². The van der Waals surface area contributed by atoms with Gasteiger partial charge in [0.25, 0.3) is 5.91 Å². The van der Waals surface area contributed by atoms with Crippen molar-refractivity contribution in [1.82, 2.24) is 19.5 Å². The van der Waals surface area contributed by atoms with Crippen molar-refractivity contribution in [3.8, 4) is 11.4 Å². The zero-order chi connectivity index (χ0) is 22.4. The Kier molecular flexibility index (Phi) is 5.12. The minimum atomic E-state index is -4.99. The van der Waals surface area contributed by atoms with Gasteiger partial charge in [0, 0.05) is 24.8 Å². The number of carbonyl (C=O) groups excluding carboxylic acids is 1. The van der Waals surface area contributed by atoms with Crippen molar-refractivity contribution in [3.63, 3.8) is 0 Å². The van der Waals surface area contributed by atoms with Gasteiger partial charge in [0.2, 0.25) is 0 Å². The zero-order valence-electron chi connectivity index (χ0n) is 15.7. The van der Waals surface area contributed by atoms with E-state index in [4.69, 9.17) is 4.74 Å². The number of halogens is 6. The van der Waals surface area contributed by atoms with Gasteiger partial charge in [-0.05, 0) is 30.3 Å². The lowest BCUT2D eigenvalue weighted by molar-refractivity contribution is -0.143. The van der Waals surface area contributed by atoms with E-state index in [9.17, 15) is 31.1 Å². The SMILES string of the molecule is O=C(c1ccc2nnc(-c3cc(C(F)(F)F)cc(C(F)(F)F)c3)n2c1)N1CCOCC1. The Balaban J connectivity index is 1.82. The van der Waals surface area contributed by atoms with E-state index < -0.39 is 29.0 Å². The summed E-state index contributed by atoms with van der Waals surface area (Å²) in [5, 5.41) is 7.56. The largest absolute Gasteiger partial charge is 0.416 e. The van der Waals surface area contributed by atoms with Gasteiger partial charge in [0.1, 0.15) is 0 Å². The molecule has 0 aliphatic carbocycles. The van der Waals surface area contributed by atoms with Crippen LogP contribution in [0.4, 0.5) is 26.3 Å². The molecule has 1 fully saturated rings. The van der Waals surface area contributed by atoms with Crippen molar-refractivity contribution in [2.75, 3.05) is 26.3 Å². The maximum absolute atomic E-state index is 13.2. The van der Waals surface area contributed by atoms with Gasteiger partial charge < -0.3 is 9.64 Å². The van der Waals surface area contributed by atoms with Crippen molar-refractivity contribution in [2.45, 2.75) is 12.4 Å². The van der Waals surface area contributed by atoms with Crippen LogP contribution in [0.15, 0.2) is 36.5 Å². The van der Waals surface area contributed by atoms with Crippen molar-refractivity contribution in [1.29, 1.82) is 0 Å². The van der Waals surface area contributed by atoms with Crippen LogP contribution in [0.2, 0.25) is 0 Å². The Morgan fingerprint density at radius 1 is 0.903 bits per heavy atom. The Labute approximate surface area is 171 Å². The van der Waals surface area contributed by atoms with E-state index >= 15 is 0 Å². The summed E-state index contributed by atoms with van der Waals surface area (Å²) in [6.45, 7) is 1.48. The average molecular weight is 444 g/mol. The standard InChI is InChI=1S/C19H14F6N4O2/c20-18(21,22)13-7-12(8-14(9-13)19(23,24)25)16-27-26-15-2-1-11(10-29(15)16)17(30)28-3-5-31-6-4-28/h1-2,7-10H,3-6H2. The van der Waals surface area contributed by atoms with Crippen LogP contribution in [0.25, 0.3) is 17.0 Å². The van der Waals surface area contributed by atoms with Crippen LogP contribution in [0.3, 0.4) is 0 Å². The summed E-state index contributed by atoms with van der Waals surface area (Å²) in [5.41, 5.74) is -2.99. The summed E-state index contributed by atoms with van der Waals surface area (Å²) in [7, 11) is 0. The molecule has 4 rings (SSSR count).